The highest BCUT2D eigenvalue weighted by Crippen LogP contribution is 2.45. The number of hydrogen-bond donors (Lipinski definition) is 1. The Morgan fingerprint density at radius 2 is 2.13 bits per heavy atom. The van der Waals surface area contributed by atoms with E-state index in [2.05, 4.69) is 11.1 Å². The normalized spacial score (nSPS) is 24.8. The first-order valence-electron chi connectivity index (χ1n) is 7.17. The molecule has 0 radical (unpaired) electrons. The lowest BCUT2D eigenvalue weighted by molar-refractivity contribution is 0.151. The van der Waals surface area contributed by atoms with Gasteiger partial charge >= 0.3 is 0 Å². The van der Waals surface area contributed by atoms with Gasteiger partial charge in [0.15, 0.2) is 5.88 Å². The molecule has 0 saturated heterocycles. The molecule has 1 aromatic carbocycles. The second-order valence-electron chi connectivity index (χ2n) is 5.49. The van der Waals surface area contributed by atoms with Crippen LogP contribution in [-0.2, 0) is 4.74 Å². The molecule has 0 bridgehead atoms. The van der Waals surface area contributed by atoms with E-state index >= 15 is 0 Å². The number of allylic oxidation sites excluding steroid dienone is 4. The summed E-state index contributed by atoms with van der Waals surface area (Å²) in [6, 6.07) is 8.33. The molecule has 23 heavy (non-hydrogen) atoms. The minimum atomic E-state index is -0.422. The van der Waals surface area contributed by atoms with Crippen LogP contribution in [0.15, 0.2) is 75.8 Å². The molecule has 4 rings (SSSR count). The van der Waals surface area contributed by atoms with Crippen LogP contribution in [0, 0.1) is 17.1 Å². The van der Waals surface area contributed by atoms with E-state index in [1.165, 1.54) is 12.1 Å². The number of rotatable bonds is 1. The van der Waals surface area contributed by atoms with Gasteiger partial charge in [0, 0.05) is 17.7 Å². The summed E-state index contributed by atoms with van der Waals surface area (Å²) < 4.78 is 19.4. The van der Waals surface area contributed by atoms with E-state index in [0.717, 1.165) is 16.8 Å². The number of halogens is 1. The van der Waals surface area contributed by atoms with Gasteiger partial charge in [0.25, 0.3) is 0 Å². The van der Waals surface area contributed by atoms with Crippen molar-refractivity contribution in [2.45, 2.75) is 12.0 Å². The Morgan fingerprint density at radius 1 is 1.26 bits per heavy atom. The fraction of sp³-hybridized carbons (Fsp3) is 0.111. The Labute approximate surface area is 132 Å². The summed E-state index contributed by atoms with van der Waals surface area (Å²) in [6.45, 7) is 0. The molecule has 2 atom stereocenters. The maximum atomic E-state index is 13.7. The second-order valence-corrected chi connectivity index (χ2v) is 5.49. The van der Waals surface area contributed by atoms with E-state index in [4.69, 9.17) is 10.5 Å². The SMILES string of the molecule is N#CC1=C(N)OC2C3=CC=NC3=CC=C2C1c1cccc(F)c1. The van der Waals surface area contributed by atoms with Crippen LogP contribution in [-0.4, -0.2) is 12.3 Å². The van der Waals surface area contributed by atoms with E-state index in [0.29, 0.717) is 11.1 Å². The Morgan fingerprint density at radius 3 is 2.91 bits per heavy atom. The van der Waals surface area contributed by atoms with Crippen molar-refractivity contribution in [3.8, 4) is 6.07 Å². The predicted octanol–water partition coefficient (Wildman–Crippen LogP) is 2.84. The van der Waals surface area contributed by atoms with Crippen molar-refractivity contribution in [1.29, 1.82) is 5.26 Å². The summed E-state index contributed by atoms with van der Waals surface area (Å²) in [5, 5.41) is 9.50. The fourth-order valence-electron chi connectivity index (χ4n) is 3.20. The quantitative estimate of drug-likeness (QED) is 0.867. The molecule has 2 N–H and O–H groups in total. The van der Waals surface area contributed by atoms with E-state index < -0.39 is 12.0 Å². The van der Waals surface area contributed by atoms with Crippen molar-refractivity contribution in [1.82, 2.24) is 0 Å². The van der Waals surface area contributed by atoms with Gasteiger partial charge in [0.05, 0.1) is 5.70 Å². The van der Waals surface area contributed by atoms with Gasteiger partial charge in [-0.15, -0.1) is 0 Å². The lowest BCUT2D eigenvalue weighted by Crippen LogP contribution is -2.33. The Hall–Kier alpha value is -3.13. The summed E-state index contributed by atoms with van der Waals surface area (Å²) in [6.07, 6.45) is 6.95. The van der Waals surface area contributed by atoms with Crippen LogP contribution in [0.25, 0.3) is 0 Å². The van der Waals surface area contributed by atoms with Crippen LogP contribution >= 0.6 is 0 Å². The topological polar surface area (TPSA) is 71.4 Å². The van der Waals surface area contributed by atoms with Crippen LogP contribution in [0.1, 0.15) is 11.5 Å². The third-order valence-corrected chi connectivity index (χ3v) is 4.22. The monoisotopic (exact) mass is 305 g/mol. The molecule has 0 fully saturated rings. The largest absolute Gasteiger partial charge is 0.466 e. The van der Waals surface area contributed by atoms with Gasteiger partial charge in [-0.05, 0) is 35.4 Å². The van der Waals surface area contributed by atoms with E-state index in [-0.39, 0.29) is 11.7 Å². The number of hydrogen-bond acceptors (Lipinski definition) is 4. The molecule has 4 nitrogen and oxygen atoms in total. The lowest BCUT2D eigenvalue weighted by Gasteiger charge is -2.35. The van der Waals surface area contributed by atoms with Gasteiger partial charge in [-0.1, -0.05) is 18.2 Å². The van der Waals surface area contributed by atoms with Gasteiger partial charge in [-0.3, -0.25) is 4.99 Å². The molecule has 1 aliphatic carbocycles. The Kier molecular flexibility index (Phi) is 2.91. The Bertz CT molecular complexity index is 899. The predicted molar refractivity (Wildman–Crippen MR) is 83.6 cm³/mol. The molecule has 0 saturated carbocycles. The molecule has 3 aliphatic rings. The first-order valence-corrected chi connectivity index (χ1v) is 7.17. The molecular formula is C18H12FN3O. The molecule has 1 aromatic rings. The smallest absolute Gasteiger partial charge is 0.200 e. The van der Waals surface area contributed by atoms with Crippen LogP contribution in [0.2, 0.25) is 0 Å². The van der Waals surface area contributed by atoms with Gasteiger partial charge in [0.2, 0.25) is 0 Å². The zero-order chi connectivity index (χ0) is 16.0. The third kappa shape index (κ3) is 2.00. The molecule has 2 unspecified atom stereocenters. The van der Waals surface area contributed by atoms with Gasteiger partial charge < -0.3 is 10.5 Å². The van der Waals surface area contributed by atoms with E-state index in [9.17, 15) is 9.65 Å². The molecule has 0 spiro atoms. The summed E-state index contributed by atoms with van der Waals surface area (Å²) in [4.78, 5) is 4.26. The maximum Gasteiger partial charge on any atom is 0.200 e. The number of nitriles is 1. The number of nitrogens with two attached hydrogens (primary N) is 1. The summed E-state index contributed by atoms with van der Waals surface area (Å²) in [5.74, 6) is -0.691. The first kappa shape index (κ1) is 13.5. The molecule has 2 heterocycles. The van der Waals surface area contributed by atoms with Gasteiger partial charge in [0.1, 0.15) is 23.6 Å². The number of fused-ring (bicyclic) bond motifs is 3. The Balaban J connectivity index is 1.91. The van der Waals surface area contributed by atoms with Crippen LogP contribution in [0.5, 0.6) is 0 Å². The molecule has 0 aromatic heterocycles. The molecular weight excluding hydrogens is 293 g/mol. The molecule has 112 valence electrons. The standard InChI is InChI=1S/C18H12FN3O/c19-11-3-1-2-10(8-11)16-13-4-5-15-12(6-7-22-15)17(13)23-18(21)14(16)9-20/h1-8,16-17H,21H2. The highest BCUT2D eigenvalue weighted by molar-refractivity contribution is 5.81. The minimum Gasteiger partial charge on any atom is -0.466 e. The van der Waals surface area contributed by atoms with Gasteiger partial charge in [-0.2, -0.15) is 5.26 Å². The highest BCUT2D eigenvalue weighted by atomic mass is 19.1. The summed E-state index contributed by atoms with van der Waals surface area (Å²) in [7, 11) is 0. The average Bonchev–Trinajstić information content (AvgIpc) is 3.02. The number of benzene rings is 1. The zero-order valence-electron chi connectivity index (χ0n) is 12.0. The molecule has 0 amide bonds. The van der Waals surface area contributed by atoms with Crippen LogP contribution in [0.3, 0.4) is 0 Å². The zero-order valence-corrected chi connectivity index (χ0v) is 12.0. The van der Waals surface area contributed by atoms with Crippen molar-refractivity contribution in [2.75, 3.05) is 0 Å². The first-order chi connectivity index (χ1) is 11.2. The fourth-order valence-corrected chi connectivity index (χ4v) is 3.20. The van der Waals surface area contributed by atoms with Crippen molar-refractivity contribution >= 4 is 6.21 Å². The second kappa shape index (κ2) is 4.96. The highest BCUT2D eigenvalue weighted by Gasteiger charge is 2.40. The van der Waals surface area contributed by atoms with Crippen molar-refractivity contribution in [3.05, 3.63) is 82.2 Å². The number of aliphatic imine (C=N–C) groups is 1. The number of nitrogens with zero attached hydrogens (tertiary/aromatic N) is 2. The average molecular weight is 305 g/mol. The van der Waals surface area contributed by atoms with E-state index in [1.807, 2.05) is 18.2 Å². The van der Waals surface area contributed by atoms with E-state index in [1.54, 1.807) is 18.3 Å². The number of ether oxygens (including phenoxy) is 1. The van der Waals surface area contributed by atoms with Crippen molar-refractivity contribution in [3.63, 3.8) is 0 Å². The van der Waals surface area contributed by atoms with Crippen molar-refractivity contribution < 1.29 is 9.13 Å². The molecule has 5 heteroatoms. The summed E-state index contributed by atoms with van der Waals surface area (Å²) in [5.41, 5.74) is 9.55. The minimum absolute atomic E-state index is 0.0814. The van der Waals surface area contributed by atoms with Crippen molar-refractivity contribution in [2.24, 2.45) is 10.7 Å². The summed E-state index contributed by atoms with van der Waals surface area (Å²) >= 11 is 0. The van der Waals surface area contributed by atoms with Crippen LogP contribution in [0.4, 0.5) is 4.39 Å². The molecule has 2 aliphatic heterocycles. The maximum absolute atomic E-state index is 13.7. The van der Waals surface area contributed by atoms with Crippen LogP contribution < -0.4 is 5.73 Å². The van der Waals surface area contributed by atoms with Gasteiger partial charge in [-0.25, -0.2) is 4.39 Å². The third-order valence-electron chi connectivity index (χ3n) is 4.22. The lowest BCUT2D eigenvalue weighted by atomic mass is 9.77.